The van der Waals surface area contributed by atoms with Gasteiger partial charge in [-0.05, 0) is 75.7 Å². The summed E-state index contributed by atoms with van der Waals surface area (Å²) >= 11 is 0. The minimum Gasteiger partial charge on any atom is -0.317 e. The van der Waals surface area contributed by atoms with Gasteiger partial charge in [-0.15, -0.1) is 0 Å². The van der Waals surface area contributed by atoms with Gasteiger partial charge in [0.15, 0.2) is 0 Å². The maximum Gasteiger partial charge on any atom is 0.0976 e. The summed E-state index contributed by atoms with van der Waals surface area (Å²) in [5.41, 5.74) is 2.81. The highest BCUT2D eigenvalue weighted by atomic mass is 32.2. The number of piperidine rings is 1. The van der Waals surface area contributed by atoms with Crippen LogP contribution in [0.5, 0.6) is 0 Å². The molecule has 0 bridgehead atoms. The summed E-state index contributed by atoms with van der Waals surface area (Å²) in [6.45, 7) is 8.14. The van der Waals surface area contributed by atoms with Crippen LogP contribution in [0.3, 0.4) is 0 Å². The predicted octanol–water partition coefficient (Wildman–Crippen LogP) is 2.10. The fourth-order valence-electron chi connectivity index (χ4n) is 3.53. The van der Waals surface area contributed by atoms with Crippen molar-refractivity contribution in [2.45, 2.75) is 50.8 Å². The largest absolute Gasteiger partial charge is 0.317 e. The number of pyridine rings is 1. The molecule has 1 fully saturated rings. The summed E-state index contributed by atoms with van der Waals surface area (Å²) in [5, 5.41) is 3.45. The van der Waals surface area contributed by atoms with Crippen LogP contribution < -0.4 is 10.0 Å². The van der Waals surface area contributed by atoms with Gasteiger partial charge < -0.3 is 5.32 Å². The highest BCUT2D eigenvalue weighted by molar-refractivity contribution is 7.84. The van der Waals surface area contributed by atoms with E-state index in [0.29, 0.717) is 0 Å². The number of rotatable bonds is 2. The predicted molar refractivity (Wildman–Crippen MR) is 86.2 cm³/mol. The monoisotopic (exact) mass is 307 g/mol. The van der Waals surface area contributed by atoms with Crippen LogP contribution in [-0.4, -0.2) is 27.0 Å². The topological polar surface area (TPSA) is 54.0 Å². The summed E-state index contributed by atoms with van der Waals surface area (Å²) in [7, 11) is -1.06. The molecule has 2 aliphatic rings. The minimum atomic E-state index is -1.06. The molecule has 0 unspecified atom stereocenters. The number of fused-ring (bicyclic) bond motifs is 1. The molecule has 1 aliphatic carbocycles. The molecule has 1 aromatic rings. The quantitative estimate of drug-likeness (QED) is 0.880. The molecule has 21 heavy (non-hydrogen) atoms. The van der Waals surface area contributed by atoms with Gasteiger partial charge in [0.2, 0.25) is 0 Å². The van der Waals surface area contributed by atoms with Crippen LogP contribution in [0.25, 0.3) is 0 Å². The first-order chi connectivity index (χ1) is 9.92. The Hall–Kier alpha value is -0.780. The van der Waals surface area contributed by atoms with E-state index in [0.717, 1.165) is 32.4 Å². The molecule has 3 rings (SSSR count). The lowest BCUT2D eigenvalue weighted by Gasteiger charge is -2.40. The van der Waals surface area contributed by atoms with Gasteiger partial charge in [0.05, 0.1) is 21.8 Å². The zero-order valence-electron chi connectivity index (χ0n) is 13.1. The van der Waals surface area contributed by atoms with Crippen molar-refractivity contribution in [2.75, 3.05) is 13.1 Å². The fourth-order valence-corrected chi connectivity index (χ4v) is 4.47. The molecular weight excluding hydrogens is 282 g/mol. The van der Waals surface area contributed by atoms with Crippen LogP contribution in [0, 0.1) is 5.41 Å². The first-order valence-corrected chi connectivity index (χ1v) is 8.89. The van der Waals surface area contributed by atoms with Gasteiger partial charge in [-0.25, -0.2) is 8.93 Å². The Labute approximate surface area is 129 Å². The number of nitrogens with zero attached hydrogens (tertiary/aromatic N) is 1. The Morgan fingerprint density at radius 3 is 2.76 bits per heavy atom. The van der Waals surface area contributed by atoms with E-state index < -0.39 is 11.0 Å². The van der Waals surface area contributed by atoms with Gasteiger partial charge in [0, 0.05) is 12.4 Å². The third kappa shape index (κ3) is 2.79. The van der Waals surface area contributed by atoms with Crippen molar-refractivity contribution >= 4 is 11.0 Å². The average molecular weight is 307 g/mol. The zero-order chi connectivity index (χ0) is 15.1. The van der Waals surface area contributed by atoms with Crippen LogP contribution in [0.2, 0.25) is 0 Å². The first kappa shape index (κ1) is 15.1. The Balaban J connectivity index is 1.94. The highest BCUT2D eigenvalue weighted by Crippen LogP contribution is 2.51. The molecule has 2 atom stereocenters. The highest BCUT2D eigenvalue weighted by Gasteiger charge is 2.47. The van der Waals surface area contributed by atoms with Crippen molar-refractivity contribution < 1.29 is 4.21 Å². The van der Waals surface area contributed by atoms with Crippen molar-refractivity contribution in [3.8, 4) is 0 Å². The van der Waals surface area contributed by atoms with Crippen molar-refractivity contribution in [3.63, 3.8) is 0 Å². The molecule has 1 aliphatic heterocycles. The number of hydrogen-bond acceptors (Lipinski definition) is 3. The van der Waals surface area contributed by atoms with E-state index in [4.69, 9.17) is 0 Å². The second-order valence-corrected chi connectivity index (χ2v) is 9.29. The molecule has 1 saturated heterocycles. The van der Waals surface area contributed by atoms with Gasteiger partial charge in [-0.2, -0.15) is 0 Å². The van der Waals surface area contributed by atoms with Crippen LogP contribution in [0.1, 0.15) is 50.8 Å². The molecule has 1 spiro atoms. The fraction of sp³-hybridized carbons (Fsp3) is 0.688. The van der Waals surface area contributed by atoms with Crippen LogP contribution in [0.15, 0.2) is 18.5 Å². The molecule has 1 aromatic heterocycles. The standard InChI is InChI=1S/C16H25N3OS/c1-15(2,3)21(20)19-14-13-11-18-7-4-12(13)10-16(14)5-8-17-9-6-16/h4,7,11,14,17,19H,5-6,8-10H2,1-3H3/t14-,21-/m1/s1. The van der Waals surface area contributed by atoms with Crippen LogP contribution in [0.4, 0.5) is 0 Å². The SMILES string of the molecule is CC(C)(C)[S@@](=O)N[C@@H]1c2cnccc2CC12CCNCC2. The van der Waals surface area contributed by atoms with Gasteiger partial charge in [0.1, 0.15) is 0 Å². The summed E-state index contributed by atoms with van der Waals surface area (Å²) < 4.78 is 15.8. The van der Waals surface area contributed by atoms with Crippen molar-refractivity contribution in [1.29, 1.82) is 0 Å². The molecule has 116 valence electrons. The Bertz CT molecular complexity index is 547. The second kappa shape index (κ2) is 5.45. The summed E-state index contributed by atoms with van der Waals surface area (Å²) in [5.74, 6) is 0. The summed E-state index contributed by atoms with van der Waals surface area (Å²) in [4.78, 5) is 4.30. The van der Waals surface area contributed by atoms with Gasteiger partial charge in [-0.1, -0.05) is 0 Å². The molecule has 2 heterocycles. The molecule has 4 nitrogen and oxygen atoms in total. The maximum atomic E-state index is 12.6. The van der Waals surface area contributed by atoms with Crippen molar-refractivity contribution in [3.05, 3.63) is 29.6 Å². The molecule has 2 N–H and O–H groups in total. The average Bonchev–Trinajstić information content (AvgIpc) is 2.72. The summed E-state index contributed by atoms with van der Waals surface area (Å²) in [6.07, 6.45) is 7.16. The van der Waals surface area contributed by atoms with Gasteiger partial charge in [-0.3, -0.25) is 4.98 Å². The van der Waals surface area contributed by atoms with Crippen LogP contribution in [-0.2, 0) is 17.4 Å². The second-order valence-electron chi connectivity index (χ2n) is 7.30. The Morgan fingerprint density at radius 2 is 2.10 bits per heavy atom. The lowest BCUT2D eigenvalue weighted by atomic mass is 9.73. The number of nitrogens with one attached hydrogen (secondary N) is 2. The normalized spacial score (nSPS) is 25.8. The van der Waals surface area contributed by atoms with Gasteiger partial charge >= 0.3 is 0 Å². The summed E-state index contributed by atoms with van der Waals surface area (Å²) in [6, 6.07) is 2.28. The van der Waals surface area contributed by atoms with E-state index in [-0.39, 0.29) is 16.2 Å². The van der Waals surface area contributed by atoms with E-state index >= 15 is 0 Å². The lowest BCUT2D eigenvalue weighted by Crippen LogP contribution is -2.46. The Morgan fingerprint density at radius 1 is 1.38 bits per heavy atom. The molecular formula is C16H25N3OS. The lowest BCUT2D eigenvalue weighted by molar-refractivity contribution is 0.164. The van der Waals surface area contributed by atoms with Gasteiger partial charge in [0.25, 0.3) is 0 Å². The maximum absolute atomic E-state index is 12.6. The minimum absolute atomic E-state index is 0.156. The van der Waals surface area contributed by atoms with E-state index in [1.165, 1.54) is 11.1 Å². The molecule has 0 amide bonds. The van der Waals surface area contributed by atoms with E-state index in [1.807, 2.05) is 33.2 Å². The first-order valence-electron chi connectivity index (χ1n) is 7.74. The number of aromatic nitrogens is 1. The Kier molecular flexibility index (Phi) is 3.93. The molecule has 0 aromatic carbocycles. The van der Waals surface area contributed by atoms with Crippen LogP contribution >= 0.6 is 0 Å². The van der Waals surface area contributed by atoms with E-state index in [2.05, 4.69) is 21.1 Å². The van der Waals surface area contributed by atoms with Crippen molar-refractivity contribution in [2.24, 2.45) is 5.41 Å². The smallest absolute Gasteiger partial charge is 0.0976 e. The van der Waals surface area contributed by atoms with E-state index in [1.54, 1.807) is 0 Å². The van der Waals surface area contributed by atoms with Crippen molar-refractivity contribution in [1.82, 2.24) is 15.0 Å². The number of hydrogen-bond donors (Lipinski definition) is 2. The third-order valence-electron chi connectivity index (χ3n) is 4.79. The third-order valence-corrected chi connectivity index (χ3v) is 6.35. The zero-order valence-corrected chi connectivity index (χ0v) is 13.9. The van der Waals surface area contributed by atoms with E-state index in [9.17, 15) is 4.21 Å². The molecule has 0 radical (unpaired) electrons. The molecule has 0 saturated carbocycles. The molecule has 5 heteroatoms.